The zero-order valence-corrected chi connectivity index (χ0v) is 16.6. The van der Waals surface area contributed by atoms with Crippen molar-refractivity contribution in [1.82, 2.24) is 4.57 Å². The summed E-state index contributed by atoms with van der Waals surface area (Å²) in [6.45, 7) is 6.40. The number of carbonyl (C=O) groups is 2. The molecule has 0 saturated carbocycles. The van der Waals surface area contributed by atoms with Crippen molar-refractivity contribution < 1.29 is 14.3 Å². The third-order valence-corrected chi connectivity index (χ3v) is 4.99. The van der Waals surface area contributed by atoms with Crippen LogP contribution in [0.2, 0.25) is 0 Å². The van der Waals surface area contributed by atoms with Gasteiger partial charge < -0.3 is 9.30 Å². The van der Waals surface area contributed by atoms with Gasteiger partial charge in [0.2, 0.25) is 5.78 Å². The first-order chi connectivity index (χ1) is 13.5. The molecule has 4 nitrogen and oxygen atoms in total. The fourth-order valence-corrected chi connectivity index (χ4v) is 3.26. The minimum atomic E-state index is -0.478. The molecule has 3 rings (SSSR count). The monoisotopic (exact) mass is 375 g/mol. The van der Waals surface area contributed by atoms with E-state index in [0.717, 1.165) is 23.4 Å². The summed E-state index contributed by atoms with van der Waals surface area (Å²) in [6.07, 6.45) is 0.909. The number of benzene rings is 2. The predicted molar refractivity (Wildman–Crippen MR) is 110 cm³/mol. The molecule has 0 bridgehead atoms. The van der Waals surface area contributed by atoms with Crippen molar-refractivity contribution in [3.8, 4) is 0 Å². The average Bonchev–Trinajstić information content (AvgIpc) is 3.01. The molecule has 0 aliphatic carbocycles. The summed E-state index contributed by atoms with van der Waals surface area (Å²) in [5, 5.41) is 0. The van der Waals surface area contributed by atoms with Gasteiger partial charge in [-0.05, 0) is 49.6 Å². The van der Waals surface area contributed by atoms with Crippen molar-refractivity contribution in [3.05, 3.63) is 94.3 Å². The van der Waals surface area contributed by atoms with Gasteiger partial charge in [-0.1, -0.05) is 49.4 Å². The molecule has 0 atom stereocenters. The normalized spacial score (nSPS) is 10.7. The van der Waals surface area contributed by atoms with Gasteiger partial charge in [0.25, 0.3) is 0 Å². The first kappa shape index (κ1) is 19.6. The van der Waals surface area contributed by atoms with Gasteiger partial charge in [0.15, 0.2) is 6.61 Å². The van der Waals surface area contributed by atoms with Crippen LogP contribution in [0.1, 0.15) is 50.2 Å². The summed E-state index contributed by atoms with van der Waals surface area (Å²) in [5.41, 5.74) is 5.27. The molecule has 0 aliphatic heterocycles. The van der Waals surface area contributed by atoms with E-state index in [2.05, 4.69) is 23.6 Å². The number of esters is 1. The number of aryl methyl sites for hydroxylation is 2. The van der Waals surface area contributed by atoms with Gasteiger partial charge >= 0.3 is 5.97 Å². The molecule has 0 fully saturated rings. The second-order valence-electron chi connectivity index (χ2n) is 6.91. The molecule has 0 N–H and O–H groups in total. The molecular weight excluding hydrogens is 350 g/mol. The van der Waals surface area contributed by atoms with Crippen molar-refractivity contribution >= 4 is 11.8 Å². The maximum atomic E-state index is 12.6. The summed E-state index contributed by atoms with van der Waals surface area (Å²) < 4.78 is 7.35. The van der Waals surface area contributed by atoms with Crippen molar-refractivity contribution in [1.29, 1.82) is 0 Å². The van der Waals surface area contributed by atoms with E-state index in [9.17, 15) is 9.59 Å². The number of hydrogen-bond donors (Lipinski definition) is 0. The summed E-state index contributed by atoms with van der Waals surface area (Å²) in [7, 11) is 0. The zero-order chi connectivity index (χ0) is 20.1. The van der Waals surface area contributed by atoms with Crippen molar-refractivity contribution in [2.24, 2.45) is 0 Å². The van der Waals surface area contributed by atoms with Gasteiger partial charge in [0.05, 0.1) is 5.56 Å². The molecule has 0 amide bonds. The van der Waals surface area contributed by atoms with E-state index in [0.29, 0.717) is 17.7 Å². The van der Waals surface area contributed by atoms with Crippen LogP contribution in [0.3, 0.4) is 0 Å². The number of Topliss-reactive ketones (excluding diaryl/α,β-unsaturated/α-hetero) is 1. The largest absolute Gasteiger partial charge is 0.454 e. The Bertz CT molecular complexity index is 969. The first-order valence-electron chi connectivity index (χ1n) is 9.49. The third kappa shape index (κ3) is 4.39. The number of ketones is 1. The van der Waals surface area contributed by atoms with E-state index in [-0.39, 0.29) is 12.4 Å². The van der Waals surface area contributed by atoms with Crippen LogP contribution in [0.25, 0.3) is 0 Å². The van der Waals surface area contributed by atoms with Crippen LogP contribution in [0, 0.1) is 13.8 Å². The number of nitrogens with zero attached hydrogens (tertiary/aromatic N) is 1. The van der Waals surface area contributed by atoms with E-state index in [1.54, 1.807) is 12.1 Å². The average molecular weight is 375 g/mol. The molecule has 3 aromatic rings. The molecule has 0 unspecified atom stereocenters. The van der Waals surface area contributed by atoms with Crippen LogP contribution in [0.5, 0.6) is 0 Å². The standard InChI is InChI=1S/C24H25NO3/c1-4-19-10-12-21(13-11-19)24(27)28-16-23(26)22-14-17(2)25(18(22)3)15-20-8-6-5-7-9-20/h5-14H,4,15-16H2,1-3H3. The van der Waals surface area contributed by atoms with Gasteiger partial charge in [-0.25, -0.2) is 4.79 Å². The quantitative estimate of drug-likeness (QED) is 0.442. The Hall–Kier alpha value is -3.14. The summed E-state index contributed by atoms with van der Waals surface area (Å²) in [4.78, 5) is 24.8. The van der Waals surface area contributed by atoms with Crippen LogP contribution in [-0.2, 0) is 17.7 Å². The number of carbonyl (C=O) groups excluding carboxylic acids is 2. The highest BCUT2D eigenvalue weighted by molar-refractivity contribution is 6.00. The molecule has 0 radical (unpaired) electrons. The smallest absolute Gasteiger partial charge is 0.338 e. The van der Waals surface area contributed by atoms with Gasteiger partial charge in [0.1, 0.15) is 0 Å². The Morgan fingerprint density at radius 1 is 0.929 bits per heavy atom. The minimum absolute atomic E-state index is 0.189. The molecule has 0 spiro atoms. The fourth-order valence-electron chi connectivity index (χ4n) is 3.26. The van der Waals surface area contributed by atoms with Crippen molar-refractivity contribution in [2.45, 2.75) is 33.7 Å². The van der Waals surface area contributed by atoms with Crippen molar-refractivity contribution in [2.75, 3.05) is 6.61 Å². The summed E-state index contributed by atoms with van der Waals surface area (Å²) >= 11 is 0. The lowest BCUT2D eigenvalue weighted by Gasteiger charge is -2.10. The highest BCUT2D eigenvalue weighted by Crippen LogP contribution is 2.18. The predicted octanol–water partition coefficient (Wildman–Crippen LogP) is 4.76. The van der Waals surface area contributed by atoms with E-state index in [4.69, 9.17) is 4.74 Å². The fraction of sp³-hybridized carbons (Fsp3) is 0.250. The lowest BCUT2D eigenvalue weighted by molar-refractivity contribution is 0.0474. The van der Waals surface area contributed by atoms with Gasteiger partial charge in [-0.3, -0.25) is 4.79 Å². The van der Waals surface area contributed by atoms with E-state index < -0.39 is 5.97 Å². The third-order valence-electron chi connectivity index (χ3n) is 4.99. The van der Waals surface area contributed by atoms with Crippen LogP contribution in [0.4, 0.5) is 0 Å². The Morgan fingerprint density at radius 3 is 2.25 bits per heavy atom. The second kappa shape index (κ2) is 8.70. The van der Waals surface area contributed by atoms with Crippen LogP contribution in [0.15, 0.2) is 60.7 Å². The lowest BCUT2D eigenvalue weighted by atomic mass is 10.1. The van der Waals surface area contributed by atoms with Gasteiger partial charge in [-0.15, -0.1) is 0 Å². The van der Waals surface area contributed by atoms with E-state index in [1.165, 1.54) is 5.56 Å². The Labute approximate surface area is 165 Å². The lowest BCUT2D eigenvalue weighted by Crippen LogP contribution is -2.15. The number of aromatic nitrogens is 1. The van der Waals surface area contributed by atoms with Crippen LogP contribution >= 0.6 is 0 Å². The maximum absolute atomic E-state index is 12.6. The zero-order valence-electron chi connectivity index (χ0n) is 16.6. The molecular formula is C24H25NO3. The Kier molecular flexibility index (Phi) is 6.09. The topological polar surface area (TPSA) is 48.3 Å². The molecule has 0 saturated heterocycles. The highest BCUT2D eigenvalue weighted by Gasteiger charge is 2.18. The summed E-state index contributed by atoms with van der Waals surface area (Å²) in [6, 6.07) is 19.2. The van der Waals surface area contributed by atoms with Gasteiger partial charge in [-0.2, -0.15) is 0 Å². The van der Waals surface area contributed by atoms with Crippen molar-refractivity contribution in [3.63, 3.8) is 0 Å². The molecule has 4 heteroatoms. The minimum Gasteiger partial charge on any atom is -0.454 e. The molecule has 28 heavy (non-hydrogen) atoms. The van der Waals surface area contributed by atoms with Crippen LogP contribution in [-0.4, -0.2) is 22.9 Å². The Morgan fingerprint density at radius 2 is 1.61 bits per heavy atom. The Balaban J connectivity index is 1.67. The molecule has 144 valence electrons. The second-order valence-corrected chi connectivity index (χ2v) is 6.91. The first-order valence-corrected chi connectivity index (χ1v) is 9.49. The van der Waals surface area contributed by atoms with E-state index in [1.807, 2.05) is 50.2 Å². The molecule has 2 aromatic carbocycles. The summed E-state index contributed by atoms with van der Waals surface area (Å²) in [5.74, 6) is -0.667. The SMILES string of the molecule is CCc1ccc(C(=O)OCC(=O)c2cc(C)n(Cc3ccccc3)c2C)cc1. The number of ether oxygens (including phenoxy) is 1. The number of rotatable bonds is 7. The van der Waals surface area contributed by atoms with E-state index >= 15 is 0 Å². The molecule has 0 aliphatic rings. The van der Waals surface area contributed by atoms with Crippen LogP contribution < -0.4 is 0 Å². The van der Waals surface area contributed by atoms with Gasteiger partial charge in [0, 0.05) is 23.5 Å². The maximum Gasteiger partial charge on any atom is 0.338 e. The number of hydrogen-bond acceptors (Lipinski definition) is 3. The molecule has 1 heterocycles. The highest BCUT2D eigenvalue weighted by atomic mass is 16.5. The molecule has 1 aromatic heterocycles.